The first kappa shape index (κ1) is 22.8. The van der Waals surface area contributed by atoms with Crippen molar-refractivity contribution >= 4 is 11.6 Å². The number of amides is 1. The molecule has 0 unspecified atom stereocenters. The number of piperazine rings is 2. The zero-order valence-electron chi connectivity index (χ0n) is 19.0. The zero-order valence-corrected chi connectivity index (χ0v) is 19.0. The number of aliphatic hydroxyl groups excluding tert-OH is 1. The summed E-state index contributed by atoms with van der Waals surface area (Å²) in [6, 6.07) is 10.3. The van der Waals surface area contributed by atoms with Crippen LogP contribution >= 0.6 is 0 Å². The number of aromatic nitrogens is 1. The van der Waals surface area contributed by atoms with Crippen LogP contribution in [0.1, 0.15) is 36.1 Å². The topological polar surface area (TPSA) is 76.3 Å². The molecule has 0 spiro atoms. The first-order valence-electron chi connectivity index (χ1n) is 11.8. The third kappa shape index (κ3) is 5.88. The molecule has 1 amide bonds. The number of hydrogen-bond donors (Lipinski definition) is 1. The highest BCUT2D eigenvalue weighted by Crippen LogP contribution is 2.17. The van der Waals surface area contributed by atoms with E-state index in [1.54, 1.807) is 0 Å². The van der Waals surface area contributed by atoms with Crippen LogP contribution in [0.4, 0.5) is 5.69 Å². The summed E-state index contributed by atoms with van der Waals surface area (Å²) >= 11 is 0. The van der Waals surface area contributed by atoms with Crippen LogP contribution in [-0.4, -0.2) is 95.7 Å². The molecule has 8 nitrogen and oxygen atoms in total. The van der Waals surface area contributed by atoms with E-state index in [2.05, 4.69) is 38.7 Å². The average Bonchev–Trinajstić information content (AvgIpc) is 3.29. The van der Waals surface area contributed by atoms with Crippen LogP contribution in [0.15, 0.2) is 41.0 Å². The van der Waals surface area contributed by atoms with E-state index in [0.29, 0.717) is 31.2 Å². The van der Waals surface area contributed by atoms with Gasteiger partial charge in [-0.15, -0.1) is 0 Å². The van der Waals surface area contributed by atoms with Crippen molar-refractivity contribution in [3.05, 3.63) is 48.2 Å². The highest BCUT2D eigenvalue weighted by atomic mass is 16.3. The van der Waals surface area contributed by atoms with Crippen LogP contribution in [0.2, 0.25) is 0 Å². The fourth-order valence-corrected chi connectivity index (χ4v) is 4.49. The Labute approximate surface area is 190 Å². The molecule has 2 saturated heterocycles. The normalized spacial score (nSPS) is 19.3. The number of aliphatic hydroxyl groups is 1. The second kappa shape index (κ2) is 10.9. The summed E-state index contributed by atoms with van der Waals surface area (Å²) in [5.41, 5.74) is 1.60. The van der Waals surface area contributed by atoms with Gasteiger partial charge in [0.2, 0.25) is 5.89 Å². The molecule has 8 heteroatoms. The Morgan fingerprint density at radius 2 is 1.72 bits per heavy atom. The summed E-state index contributed by atoms with van der Waals surface area (Å²) in [4.78, 5) is 26.1. The van der Waals surface area contributed by atoms with Gasteiger partial charge in [-0.2, -0.15) is 0 Å². The molecule has 0 bridgehead atoms. The average molecular weight is 442 g/mol. The molecule has 0 radical (unpaired) electrons. The van der Waals surface area contributed by atoms with Crippen molar-refractivity contribution in [2.24, 2.45) is 0 Å². The molecule has 2 aliphatic heterocycles. The third-order valence-electron chi connectivity index (χ3n) is 6.37. The Hall–Kier alpha value is -2.42. The third-order valence-corrected chi connectivity index (χ3v) is 6.37. The fourth-order valence-electron chi connectivity index (χ4n) is 4.49. The molecule has 1 aromatic heterocycles. The molecule has 0 saturated carbocycles. The van der Waals surface area contributed by atoms with Gasteiger partial charge in [-0.25, -0.2) is 4.98 Å². The molecular formula is C24H35N5O3. The number of benzene rings is 1. The predicted molar refractivity (Wildman–Crippen MR) is 124 cm³/mol. The van der Waals surface area contributed by atoms with E-state index in [1.165, 1.54) is 12.0 Å². The maximum Gasteiger partial charge on any atom is 0.275 e. The van der Waals surface area contributed by atoms with Gasteiger partial charge in [0, 0.05) is 64.6 Å². The number of oxazole rings is 1. The lowest BCUT2D eigenvalue weighted by atomic mass is 10.2. The van der Waals surface area contributed by atoms with Gasteiger partial charge in [0.1, 0.15) is 6.26 Å². The second-order valence-corrected chi connectivity index (χ2v) is 8.76. The fraction of sp³-hybridized carbons (Fsp3) is 0.583. The minimum absolute atomic E-state index is 0.0533. The van der Waals surface area contributed by atoms with E-state index in [0.717, 1.165) is 58.7 Å². The minimum Gasteiger partial charge on any atom is -0.447 e. The van der Waals surface area contributed by atoms with E-state index in [-0.39, 0.29) is 12.0 Å². The summed E-state index contributed by atoms with van der Waals surface area (Å²) in [6.45, 7) is 10.1. The number of carbonyl (C=O) groups is 1. The summed E-state index contributed by atoms with van der Waals surface area (Å²) in [7, 11) is 0. The maximum atomic E-state index is 12.9. The molecular weight excluding hydrogens is 406 g/mol. The van der Waals surface area contributed by atoms with E-state index in [4.69, 9.17) is 4.42 Å². The lowest BCUT2D eigenvalue weighted by molar-refractivity contribution is 0.0634. The minimum atomic E-state index is -0.235. The van der Waals surface area contributed by atoms with Gasteiger partial charge in [0.05, 0.1) is 12.6 Å². The van der Waals surface area contributed by atoms with E-state index < -0.39 is 0 Å². The highest BCUT2D eigenvalue weighted by molar-refractivity contribution is 5.92. The van der Waals surface area contributed by atoms with E-state index >= 15 is 0 Å². The Bertz CT molecular complexity index is 842. The maximum absolute atomic E-state index is 12.9. The van der Waals surface area contributed by atoms with Crippen molar-refractivity contribution < 1.29 is 14.3 Å². The number of nitrogens with zero attached hydrogens (tertiary/aromatic N) is 5. The molecule has 174 valence electrons. The number of hydrogen-bond acceptors (Lipinski definition) is 7. The first-order chi connectivity index (χ1) is 15.6. The molecule has 3 heterocycles. The Balaban J connectivity index is 1.22. The Morgan fingerprint density at radius 1 is 1.03 bits per heavy atom. The SMILES string of the molecule is CCC[C@H](O)CN1CCN(Cc2nc(C(=O)N3CCN(c4ccccc4)CC3)co2)CC1. The second-order valence-electron chi connectivity index (χ2n) is 8.76. The highest BCUT2D eigenvalue weighted by Gasteiger charge is 2.25. The van der Waals surface area contributed by atoms with Crippen LogP contribution in [0, 0.1) is 0 Å². The van der Waals surface area contributed by atoms with Gasteiger partial charge >= 0.3 is 0 Å². The molecule has 32 heavy (non-hydrogen) atoms. The van der Waals surface area contributed by atoms with Gasteiger partial charge < -0.3 is 19.3 Å². The largest absolute Gasteiger partial charge is 0.447 e. The summed E-state index contributed by atoms with van der Waals surface area (Å²) in [5, 5.41) is 10.0. The predicted octanol–water partition coefficient (Wildman–Crippen LogP) is 1.92. The molecule has 2 aromatic rings. The van der Waals surface area contributed by atoms with E-state index in [1.807, 2.05) is 23.1 Å². The van der Waals surface area contributed by atoms with E-state index in [9.17, 15) is 9.90 Å². The molecule has 2 aliphatic rings. The molecule has 1 N–H and O–H groups in total. The molecule has 1 aromatic carbocycles. The van der Waals surface area contributed by atoms with Gasteiger partial charge in [0.15, 0.2) is 5.69 Å². The van der Waals surface area contributed by atoms with Crippen molar-refractivity contribution in [1.82, 2.24) is 19.7 Å². The van der Waals surface area contributed by atoms with Gasteiger partial charge in [-0.3, -0.25) is 14.6 Å². The van der Waals surface area contributed by atoms with Crippen molar-refractivity contribution in [3.63, 3.8) is 0 Å². The molecule has 2 fully saturated rings. The van der Waals surface area contributed by atoms with Gasteiger partial charge in [0.25, 0.3) is 5.91 Å². The Kier molecular flexibility index (Phi) is 7.78. The molecule has 0 aliphatic carbocycles. The molecule has 1 atom stereocenters. The number of para-hydroxylation sites is 1. The first-order valence-corrected chi connectivity index (χ1v) is 11.8. The summed E-state index contributed by atoms with van der Waals surface area (Å²) in [5.74, 6) is 0.540. The van der Waals surface area contributed by atoms with Gasteiger partial charge in [-0.05, 0) is 18.6 Å². The number of rotatable bonds is 8. The van der Waals surface area contributed by atoms with Crippen LogP contribution < -0.4 is 4.90 Å². The zero-order chi connectivity index (χ0) is 22.3. The number of carbonyl (C=O) groups excluding carboxylic acids is 1. The van der Waals surface area contributed by atoms with Crippen molar-refractivity contribution in [2.75, 3.05) is 63.8 Å². The van der Waals surface area contributed by atoms with Crippen molar-refractivity contribution in [3.8, 4) is 0 Å². The number of β-amino-alcohol motifs (C(OH)–C–C–N with tert-alkyl or cyclic N) is 1. The lowest BCUT2D eigenvalue weighted by Crippen LogP contribution is -2.49. The smallest absolute Gasteiger partial charge is 0.275 e. The summed E-state index contributed by atoms with van der Waals surface area (Å²) < 4.78 is 5.63. The van der Waals surface area contributed by atoms with Crippen molar-refractivity contribution in [1.29, 1.82) is 0 Å². The van der Waals surface area contributed by atoms with Crippen LogP contribution in [-0.2, 0) is 6.54 Å². The van der Waals surface area contributed by atoms with Crippen molar-refractivity contribution in [2.45, 2.75) is 32.4 Å². The lowest BCUT2D eigenvalue weighted by Gasteiger charge is -2.35. The van der Waals surface area contributed by atoms with Crippen LogP contribution in [0.3, 0.4) is 0 Å². The van der Waals surface area contributed by atoms with Crippen LogP contribution in [0.5, 0.6) is 0 Å². The summed E-state index contributed by atoms with van der Waals surface area (Å²) in [6.07, 6.45) is 3.13. The Morgan fingerprint density at radius 3 is 2.41 bits per heavy atom. The standard InChI is InChI=1S/C24H35N5O3/c1-2-6-21(30)17-26-9-11-27(12-10-26)18-23-25-22(19-32-23)24(31)29-15-13-28(14-16-29)20-7-4-3-5-8-20/h3-5,7-8,19,21,30H,2,6,9-18H2,1H3/t21-/m0/s1. The van der Waals surface area contributed by atoms with Gasteiger partial charge in [-0.1, -0.05) is 31.5 Å². The monoisotopic (exact) mass is 441 g/mol. The molecule has 4 rings (SSSR count). The quantitative estimate of drug-likeness (QED) is 0.671. The van der Waals surface area contributed by atoms with Crippen LogP contribution in [0.25, 0.3) is 0 Å². The number of anilines is 1.